The van der Waals surface area contributed by atoms with Crippen LogP contribution in [0.2, 0.25) is 0 Å². The Hall–Kier alpha value is 0. The fourth-order valence-corrected chi connectivity index (χ4v) is 2.76. The van der Waals surface area contributed by atoms with Crippen LogP contribution in [0.1, 0.15) is 77.6 Å². The van der Waals surface area contributed by atoms with Gasteiger partial charge in [0.25, 0.3) is 0 Å². The molecule has 0 aromatic carbocycles. The molecule has 0 bridgehead atoms. The van der Waals surface area contributed by atoms with Crippen LogP contribution in [0, 0.1) is 18.8 Å². The fourth-order valence-electron chi connectivity index (χ4n) is 2.76. The molecule has 0 nitrogen and oxygen atoms in total. The second-order valence-corrected chi connectivity index (χ2v) is 5.50. The van der Waals surface area contributed by atoms with Crippen molar-refractivity contribution in [2.45, 2.75) is 77.6 Å². The van der Waals surface area contributed by atoms with Gasteiger partial charge in [0.15, 0.2) is 0 Å². The first-order valence-electron chi connectivity index (χ1n) is 7.14. The highest BCUT2D eigenvalue weighted by molar-refractivity contribution is 4.69. The molecule has 1 rings (SSSR count). The number of hydrogen-bond donors (Lipinski definition) is 0. The van der Waals surface area contributed by atoms with Crippen LogP contribution in [0.4, 0.5) is 0 Å². The Kier molecular flexibility index (Phi) is 7.13. The van der Waals surface area contributed by atoms with Crippen molar-refractivity contribution < 1.29 is 0 Å². The third-order valence-corrected chi connectivity index (χ3v) is 3.95. The van der Waals surface area contributed by atoms with E-state index in [1.165, 1.54) is 70.6 Å². The zero-order chi connectivity index (χ0) is 10.9. The van der Waals surface area contributed by atoms with Gasteiger partial charge in [-0.1, -0.05) is 84.5 Å². The van der Waals surface area contributed by atoms with E-state index in [2.05, 4.69) is 13.8 Å². The summed E-state index contributed by atoms with van der Waals surface area (Å²) in [6.45, 7) is 6.53. The first kappa shape index (κ1) is 13.1. The van der Waals surface area contributed by atoms with E-state index in [1.54, 1.807) is 0 Å². The summed E-state index contributed by atoms with van der Waals surface area (Å²) in [6, 6.07) is 0. The first-order valence-corrected chi connectivity index (χ1v) is 7.14. The van der Waals surface area contributed by atoms with E-state index < -0.39 is 0 Å². The Bertz CT molecular complexity index is 125. The molecule has 0 aromatic rings. The van der Waals surface area contributed by atoms with Gasteiger partial charge in [-0.15, -0.1) is 0 Å². The molecule has 0 N–H and O–H groups in total. The van der Waals surface area contributed by atoms with Crippen LogP contribution in [0.15, 0.2) is 0 Å². The summed E-state index contributed by atoms with van der Waals surface area (Å²) in [5, 5.41) is 0. The standard InChI is InChI=1S/C15H29/c1-14(2)15-12-10-8-6-4-3-5-7-9-11-13-15/h14-15H,1,3-13H2,2H3. The van der Waals surface area contributed by atoms with E-state index in [0.29, 0.717) is 5.92 Å². The maximum atomic E-state index is 4.23. The van der Waals surface area contributed by atoms with Crippen molar-refractivity contribution in [2.24, 2.45) is 11.8 Å². The van der Waals surface area contributed by atoms with E-state index >= 15 is 0 Å². The van der Waals surface area contributed by atoms with Crippen LogP contribution in [0.25, 0.3) is 0 Å². The molecule has 1 aliphatic rings. The number of rotatable bonds is 1. The molecule has 1 atom stereocenters. The largest absolute Gasteiger partial charge is 0.0622 e. The smallest absolute Gasteiger partial charge is 0.0388 e. The van der Waals surface area contributed by atoms with E-state index in [9.17, 15) is 0 Å². The van der Waals surface area contributed by atoms with Crippen LogP contribution in [0.3, 0.4) is 0 Å². The fraction of sp³-hybridized carbons (Fsp3) is 0.933. The van der Waals surface area contributed by atoms with Crippen molar-refractivity contribution in [2.75, 3.05) is 0 Å². The topological polar surface area (TPSA) is 0 Å². The zero-order valence-corrected chi connectivity index (χ0v) is 10.6. The van der Waals surface area contributed by atoms with Crippen molar-refractivity contribution in [3.05, 3.63) is 6.92 Å². The minimum absolute atomic E-state index is 0.660. The average molecular weight is 209 g/mol. The molecule has 15 heavy (non-hydrogen) atoms. The summed E-state index contributed by atoms with van der Waals surface area (Å²) < 4.78 is 0. The molecule has 0 heteroatoms. The molecule has 0 saturated heterocycles. The van der Waals surface area contributed by atoms with Gasteiger partial charge < -0.3 is 0 Å². The second-order valence-electron chi connectivity index (χ2n) is 5.50. The average Bonchev–Trinajstić information content (AvgIpc) is 2.18. The Morgan fingerprint density at radius 2 is 1.07 bits per heavy atom. The van der Waals surface area contributed by atoms with Crippen molar-refractivity contribution in [3.63, 3.8) is 0 Å². The van der Waals surface area contributed by atoms with Crippen LogP contribution in [0.5, 0.6) is 0 Å². The van der Waals surface area contributed by atoms with Gasteiger partial charge in [0.05, 0.1) is 0 Å². The highest BCUT2D eigenvalue weighted by Crippen LogP contribution is 2.26. The van der Waals surface area contributed by atoms with Crippen molar-refractivity contribution in [1.29, 1.82) is 0 Å². The molecular formula is C15H29. The lowest BCUT2D eigenvalue weighted by molar-refractivity contribution is 0.331. The van der Waals surface area contributed by atoms with Crippen molar-refractivity contribution in [3.8, 4) is 0 Å². The van der Waals surface area contributed by atoms with Gasteiger partial charge in [0.2, 0.25) is 0 Å². The second kappa shape index (κ2) is 8.19. The third kappa shape index (κ3) is 6.22. The van der Waals surface area contributed by atoms with Crippen LogP contribution in [-0.4, -0.2) is 0 Å². The minimum Gasteiger partial charge on any atom is -0.0622 e. The van der Waals surface area contributed by atoms with Crippen molar-refractivity contribution >= 4 is 0 Å². The van der Waals surface area contributed by atoms with Crippen LogP contribution < -0.4 is 0 Å². The van der Waals surface area contributed by atoms with Crippen molar-refractivity contribution in [1.82, 2.24) is 0 Å². The van der Waals surface area contributed by atoms with Gasteiger partial charge in [0, 0.05) is 0 Å². The Balaban J connectivity index is 2.25. The molecule has 1 aliphatic carbocycles. The first-order chi connectivity index (χ1) is 7.30. The summed E-state index contributed by atoms with van der Waals surface area (Å²) in [4.78, 5) is 0. The predicted octanol–water partition coefficient (Wildman–Crippen LogP) is 5.38. The maximum Gasteiger partial charge on any atom is -0.0388 e. The van der Waals surface area contributed by atoms with Gasteiger partial charge in [-0.25, -0.2) is 0 Å². The van der Waals surface area contributed by atoms with Gasteiger partial charge in [0.1, 0.15) is 0 Å². The maximum absolute atomic E-state index is 4.23. The lowest BCUT2D eigenvalue weighted by Crippen LogP contribution is -2.09. The predicted molar refractivity (Wildman–Crippen MR) is 68.8 cm³/mol. The third-order valence-electron chi connectivity index (χ3n) is 3.95. The summed E-state index contributed by atoms with van der Waals surface area (Å²) in [7, 11) is 0. The molecule has 1 fully saturated rings. The Labute approximate surface area is 96.8 Å². The Morgan fingerprint density at radius 1 is 0.733 bits per heavy atom. The summed E-state index contributed by atoms with van der Waals surface area (Å²) in [5.74, 6) is 1.57. The van der Waals surface area contributed by atoms with E-state index in [-0.39, 0.29) is 0 Å². The lowest BCUT2D eigenvalue weighted by atomic mass is 9.85. The van der Waals surface area contributed by atoms with Gasteiger partial charge in [-0.3, -0.25) is 0 Å². The molecule has 1 saturated carbocycles. The lowest BCUT2D eigenvalue weighted by Gasteiger charge is -2.21. The summed E-state index contributed by atoms with van der Waals surface area (Å²) in [5.41, 5.74) is 0. The SMILES string of the molecule is [CH2]C(C)C1CCCCCCCCCCC1. The summed E-state index contributed by atoms with van der Waals surface area (Å²) in [6.07, 6.45) is 16.1. The Morgan fingerprint density at radius 3 is 1.40 bits per heavy atom. The molecule has 89 valence electrons. The molecule has 1 radical (unpaired) electrons. The van der Waals surface area contributed by atoms with E-state index in [1.807, 2.05) is 0 Å². The minimum atomic E-state index is 0.660. The van der Waals surface area contributed by atoms with E-state index in [4.69, 9.17) is 0 Å². The van der Waals surface area contributed by atoms with Gasteiger partial charge in [-0.05, 0) is 11.8 Å². The van der Waals surface area contributed by atoms with Gasteiger partial charge >= 0.3 is 0 Å². The molecule has 0 heterocycles. The highest BCUT2D eigenvalue weighted by Gasteiger charge is 2.12. The summed E-state index contributed by atoms with van der Waals surface area (Å²) >= 11 is 0. The molecule has 0 spiro atoms. The highest BCUT2D eigenvalue weighted by atomic mass is 14.2. The molecule has 0 aromatic heterocycles. The van der Waals surface area contributed by atoms with Gasteiger partial charge in [-0.2, -0.15) is 0 Å². The van der Waals surface area contributed by atoms with E-state index in [0.717, 1.165) is 5.92 Å². The normalized spacial score (nSPS) is 23.4. The quantitative estimate of drug-likeness (QED) is 0.544. The van der Waals surface area contributed by atoms with Crippen LogP contribution in [-0.2, 0) is 0 Å². The molecule has 0 aliphatic heterocycles. The molecule has 0 amide bonds. The zero-order valence-electron chi connectivity index (χ0n) is 10.6. The number of hydrogen-bond acceptors (Lipinski definition) is 0. The molecule has 1 unspecified atom stereocenters. The monoisotopic (exact) mass is 209 g/mol. The van der Waals surface area contributed by atoms with Crippen LogP contribution >= 0.6 is 0 Å². The molecular weight excluding hydrogens is 180 g/mol.